The number of nitrogens with zero attached hydrogens (tertiary/aromatic N) is 1. The van der Waals surface area contributed by atoms with Gasteiger partial charge in [0.1, 0.15) is 0 Å². The molecule has 1 aromatic carbocycles. The fourth-order valence-electron chi connectivity index (χ4n) is 2.04. The lowest BCUT2D eigenvalue weighted by molar-refractivity contribution is 0.788. The Morgan fingerprint density at radius 2 is 1.94 bits per heavy atom. The Morgan fingerprint density at radius 1 is 1.28 bits per heavy atom. The zero-order valence-corrected chi connectivity index (χ0v) is 12.5. The lowest BCUT2D eigenvalue weighted by Crippen LogP contribution is -2.18. The number of halogens is 1. The van der Waals surface area contributed by atoms with Crippen LogP contribution in [0, 0.1) is 13.8 Å². The van der Waals surface area contributed by atoms with Crippen molar-refractivity contribution in [3.63, 3.8) is 0 Å². The molecule has 0 aliphatic carbocycles. The molecule has 0 aliphatic heterocycles. The van der Waals surface area contributed by atoms with E-state index in [0.717, 1.165) is 28.0 Å². The average molecular weight is 308 g/mol. The van der Waals surface area contributed by atoms with E-state index < -0.39 is 0 Å². The van der Waals surface area contributed by atoms with Crippen molar-refractivity contribution in [2.24, 2.45) is 0 Å². The molecule has 0 bridgehead atoms. The van der Waals surface area contributed by atoms with Crippen LogP contribution < -0.4 is 5.32 Å². The average Bonchev–Trinajstić information content (AvgIpc) is 2.64. The summed E-state index contributed by atoms with van der Waals surface area (Å²) >= 11 is 3.45. The number of aromatic amines is 1. The first-order valence-corrected chi connectivity index (χ1v) is 6.88. The smallest absolute Gasteiger partial charge is 0.0825 e. The zero-order chi connectivity index (χ0) is 13.1. The maximum Gasteiger partial charge on any atom is 0.0825 e. The summed E-state index contributed by atoms with van der Waals surface area (Å²) in [7, 11) is 0. The maximum absolute atomic E-state index is 4.19. The highest BCUT2D eigenvalue weighted by Gasteiger charge is 2.10. The zero-order valence-electron chi connectivity index (χ0n) is 10.9. The van der Waals surface area contributed by atoms with E-state index in [4.69, 9.17) is 0 Å². The van der Waals surface area contributed by atoms with Crippen molar-refractivity contribution in [1.82, 2.24) is 10.2 Å². The molecular weight excluding hydrogens is 290 g/mol. The number of hydrogen-bond donors (Lipinski definition) is 2. The minimum absolute atomic E-state index is 0.376. The van der Waals surface area contributed by atoms with Crippen LogP contribution in [0.2, 0.25) is 0 Å². The molecule has 0 radical (unpaired) electrons. The third kappa shape index (κ3) is 3.13. The van der Waals surface area contributed by atoms with Crippen molar-refractivity contribution in [3.05, 3.63) is 45.7 Å². The first kappa shape index (κ1) is 13.1. The summed E-state index contributed by atoms with van der Waals surface area (Å²) in [5.74, 6) is 0. The number of H-pyrrole nitrogens is 1. The number of rotatable bonds is 4. The van der Waals surface area contributed by atoms with Gasteiger partial charge in [-0.2, -0.15) is 5.10 Å². The van der Waals surface area contributed by atoms with Crippen LogP contribution in [0.3, 0.4) is 0 Å². The molecule has 96 valence electrons. The number of aromatic nitrogens is 2. The molecule has 18 heavy (non-hydrogen) atoms. The van der Waals surface area contributed by atoms with Gasteiger partial charge in [0.15, 0.2) is 0 Å². The van der Waals surface area contributed by atoms with Gasteiger partial charge in [0.05, 0.1) is 17.1 Å². The Kier molecular flexibility index (Phi) is 4.07. The minimum atomic E-state index is 0.376. The van der Waals surface area contributed by atoms with Gasteiger partial charge in [-0.1, -0.05) is 28.1 Å². The quantitative estimate of drug-likeness (QED) is 0.901. The third-order valence-electron chi connectivity index (χ3n) is 2.97. The van der Waals surface area contributed by atoms with Gasteiger partial charge in [0.2, 0.25) is 0 Å². The van der Waals surface area contributed by atoms with Gasteiger partial charge in [-0.05, 0) is 44.9 Å². The third-order valence-corrected chi connectivity index (χ3v) is 3.50. The van der Waals surface area contributed by atoms with Crippen molar-refractivity contribution in [1.29, 1.82) is 0 Å². The van der Waals surface area contributed by atoms with Gasteiger partial charge < -0.3 is 5.32 Å². The van der Waals surface area contributed by atoms with Crippen molar-refractivity contribution >= 4 is 21.6 Å². The Hall–Kier alpha value is -1.29. The van der Waals surface area contributed by atoms with Gasteiger partial charge in [0.25, 0.3) is 0 Å². The molecule has 0 saturated carbocycles. The molecule has 2 N–H and O–H groups in total. The van der Waals surface area contributed by atoms with E-state index in [2.05, 4.69) is 62.6 Å². The summed E-state index contributed by atoms with van der Waals surface area (Å²) in [6.07, 6.45) is 0.997. The number of aryl methyl sites for hydroxylation is 2. The fraction of sp³-hybridized carbons (Fsp3) is 0.357. The van der Waals surface area contributed by atoms with Crippen LogP contribution in [0.4, 0.5) is 5.69 Å². The summed E-state index contributed by atoms with van der Waals surface area (Å²) in [6, 6.07) is 8.84. The first-order chi connectivity index (χ1) is 8.56. The summed E-state index contributed by atoms with van der Waals surface area (Å²) in [4.78, 5) is 0. The SMILES string of the molecule is Cc1n[nH]c(C)c1NC(C)Cc1ccc(Br)cc1. The monoisotopic (exact) mass is 307 g/mol. The van der Waals surface area contributed by atoms with E-state index in [1.165, 1.54) is 5.56 Å². The Bertz CT molecular complexity index is 497. The number of hydrogen-bond acceptors (Lipinski definition) is 2. The molecule has 0 spiro atoms. The lowest BCUT2D eigenvalue weighted by atomic mass is 10.1. The number of nitrogens with one attached hydrogen (secondary N) is 2. The van der Waals surface area contributed by atoms with Crippen LogP contribution in [0.25, 0.3) is 0 Å². The Labute approximate surface area is 116 Å². The summed E-state index contributed by atoms with van der Waals surface area (Å²) in [5.41, 5.74) is 4.57. The molecule has 0 aliphatic rings. The molecule has 2 aromatic rings. The van der Waals surface area contributed by atoms with E-state index in [-0.39, 0.29) is 0 Å². The molecule has 1 heterocycles. The standard InChI is InChI=1S/C14H18BrN3/c1-9(8-12-4-6-13(15)7-5-12)16-14-10(2)17-18-11(14)3/h4-7,9,16H,8H2,1-3H3,(H,17,18). The van der Waals surface area contributed by atoms with Crippen LogP contribution in [0.15, 0.2) is 28.7 Å². The van der Waals surface area contributed by atoms with E-state index >= 15 is 0 Å². The molecule has 1 atom stereocenters. The van der Waals surface area contributed by atoms with Gasteiger partial charge in [0, 0.05) is 10.5 Å². The second-order valence-corrected chi connectivity index (χ2v) is 5.60. The highest BCUT2D eigenvalue weighted by Crippen LogP contribution is 2.19. The van der Waals surface area contributed by atoms with Crippen LogP contribution in [-0.4, -0.2) is 16.2 Å². The minimum Gasteiger partial charge on any atom is -0.379 e. The van der Waals surface area contributed by atoms with Crippen LogP contribution in [0.1, 0.15) is 23.9 Å². The van der Waals surface area contributed by atoms with E-state index in [9.17, 15) is 0 Å². The number of anilines is 1. The van der Waals surface area contributed by atoms with Crippen molar-refractivity contribution in [2.75, 3.05) is 5.32 Å². The second kappa shape index (κ2) is 5.57. The highest BCUT2D eigenvalue weighted by molar-refractivity contribution is 9.10. The van der Waals surface area contributed by atoms with Crippen molar-refractivity contribution < 1.29 is 0 Å². The molecule has 0 saturated heterocycles. The van der Waals surface area contributed by atoms with Crippen LogP contribution in [0.5, 0.6) is 0 Å². The largest absolute Gasteiger partial charge is 0.379 e. The van der Waals surface area contributed by atoms with Gasteiger partial charge >= 0.3 is 0 Å². The predicted molar refractivity (Wildman–Crippen MR) is 79.0 cm³/mol. The summed E-state index contributed by atoms with van der Waals surface area (Å²) in [5, 5.41) is 10.7. The molecular formula is C14H18BrN3. The molecule has 3 nitrogen and oxygen atoms in total. The first-order valence-electron chi connectivity index (χ1n) is 6.09. The Morgan fingerprint density at radius 3 is 2.50 bits per heavy atom. The topological polar surface area (TPSA) is 40.7 Å². The molecule has 0 fully saturated rings. The normalized spacial score (nSPS) is 12.4. The van der Waals surface area contributed by atoms with E-state index in [0.29, 0.717) is 6.04 Å². The van der Waals surface area contributed by atoms with Gasteiger partial charge in [-0.3, -0.25) is 5.10 Å². The maximum atomic E-state index is 4.19. The predicted octanol–water partition coefficient (Wildman–Crippen LogP) is 3.83. The van der Waals surface area contributed by atoms with Crippen LogP contribution >= 0.6 is 15.9 Å². The molecule has 1 aromatic heterocycles. The molecule has 4 heteroatoms. The second-order valence-electron chi connectivity index (χ2n) is 4.68. The van der Waals surface area contributed by atoms with E-state index in [1.54, 1.807) is 0 Å². The van der Waals surface area contributed by atoms with Crippen molar-refractivity contribution in [2.45, 2.75) is 33.2 Å². The summed E-state index contributed by atoms with van der Waals surface area (Å²) in [6.45, 7) is 6.24. The van der Waals surface area contributed by atoms with E-state index in [1.807, 2.05) is 13.8 Å². The molecule has 2 rings (SSSR count). The van der Waals surface area contributed by atoms with Crippen molar-refractivity contribution in [3.8, 4) is 0 Å². The Balaban J connectivity index is 2.01. The highest BCUT2D eigenvalue weighted by atomic mass is 79.9. The molecule has 1 unspecified atom stereocenters. The van der Waals surface area contributed by atoms with Crippen LogP contribution in [-0.2, 0) is 6.42 Å². The molecule has 0 amide bonds. The van der Waals surface area contributed by atoms with Gasteiger partial charge in [-0.15, -0.1) is 0 Å². The lowest BCUT2D eigenvalue weighted by Gasteiger charge is -2.15. The number of benzene rings is 1. The summed E-state index contributed by atoms with van der Waals surface area (Å²) < 4.78 is 1.12. The fourth-order valence-corrected chi connectivity index (χ4v) is 2.30. The van der Waals surface area contributed by atoms with Gasteiger partial charge in [-0.25, -0.2) is 0 Å².